The van der Waals surface area contributed by atoms with Gasteiger partial charge in [0, 0.05) is 32.7 Å². The van der Waals surface area contributed by atoms with Gasteiger partial charge in [-0.25, -0.2) is 9.59 Å². The Labute approximate surface area is 172 Å². The monoisotopic (exact) mass is 404 g/mol. The number of aliphatic hydroxyl groups is 1. The molecule has 2 saturated heterocycles. The Kier molecular flexibility index (Phi) is 6.36. The van der Waals surface area contributed by atoms with Crippen LogP contribution in [0, 0.1) is 0 Å². The van der Waals surface area contributed by atoms with Gasteiger partial charge < -0.3 is 24.4 Å². The van der Waals surface area contributed by atoms with E-state index in [0.29, 0.717) is 45.3 Å². The Morgan fingerprint density at radius 1 is 1.28 bits per heavy atom. The molecule has 160 valence electrons. The highest BCUT2D eigenvalue weighted by Gasteiger charge is 2.45. The summed E-state index contributed by atoms with van der Waals surface area (Å²) in [6.07, 6.45) is 1.83. The average molecular weight is 405 g/mol. The van der Waals surface area contributed by atoms with E-state index in [1.165, 1.54) is 0 Å². The van der Waals surface area contributed by atoms with Crippen molar-refractivity contribution in [2.24, 2.45) is 0 Å². The molecule has 7 heteroatoms. The lowest BCUT2D eigenvalue weighted by molar-refractivity contribution is -0.0682. The molecule has 0 aliphatic carbocycles. The number of cyclic esters (lactones) is 1. The number of benzene rings is 1. The van der Waals surface area contributed by atoms with E-state index >= 15 is 0 Å². The second-order valence-corrected chi connectivity index (χ2v) is 8.87. The van der Waals surface area contributed by atoms with Gasteiger partial charge in [0.25, 0.3) is 0 Å². The molecule has 0 bridgehead atoms. The van der Waals surface area contributed by atoms with E-state index < -0.39 is 11.2 Å². The molecule has 1 aromatic carbocycles. The lowest BCUT2D eigenvalue weighted by Gasteiger charge is -2.43. The smallest absolute Gasteiger partial charge is 0.410 e. The normalized spacial score (nSPS) is 25.1. The molecule has 0 aromatic heterocycles. The summed E-state index contributed by atoms with van der Waals surface area (Å²) in [7, 11) is 0. The van der Waals surface area contributed by atoms with Crippen LogP contribution in [0.25, 0.3) is 0 Å². The van der Waals surface area contributed by atoms with Crippen molar-refractivity contribution in [3.8, 4) is 0 Å². The molecule has 2 amide bonds. The van der Waals surface area contributed by atoms with E-state index in [1.54, 1.807) is 9.80 Å². The number of hydrogen-bond acceptors (Lipinski definition) is 5. The number of rotatable bonds is 5. The number of carbonyl (C=O) groups is 2. The highest BCUT2D eigenvalue weighted by Crippen LogP contribution is 2.39. The SMILES string of the molecule is CC(C)(C)OC(=O)N1CC[C@H](N2CC[C@](CCCO)(c3ccccc3)OC2=O)C1. The maximum absolute atomic E-state index is 12.9. The molecule has 1 aromatic rings. The average Bonchev–Trinajstić information content (AvgIpc) is 3.16. The minimum Gasteiger partial charge on any atom is -0.444 e. The zero-order valence-corrected chi connectivity index (χ0v) is 17.6. The summed E-state index contributed by atoms with van der Waals surface area (Å²) in [6.45, 7) is 7.17. The van der Waals surface area contributed by atoms with Crippen LogP contribution in [-0.4, -0.2) is 65.0 Å². The molecule has 3 rings (SSSR count). The quantitative estimate of drug-likeness (QED) is 0.812. The fourth-order valence-corrected chi connectivity index (χ4v) is 4.12. The van der Waals surface area contributed by atoms with E-state index in [2.05, 4.69) is 0 Å². The van der Waals surface area contributed by atoms with E-state index in [-0.39, 0.29) is 24.8 Å². The second-order valence-electron chi connectivity index (χ2n) is 8.87. The van der Waals surface area contributed by atoms with Crippen LogP contribution in [-0.2, 0) is 15.1 Å². The van der Waals surface area contributed by atoms with Crippen molar-refractivity contribution in [3.63, 3.8) is 0 Å². The van der Waals surface area contributed by atoms with Gasteiger partial charge in [0.1, 0.15) is 11.2 Å². The van der Waals surface area contributed by atoms with Gasteiger partial charge in [-0.05, 0) is 45.6 Å². The molecule has 0 radical (unpaired) electrons. The Hall–Kier alpha value is -2.28. The molecule has 2 aliphatic heterocycles. The predicted octanol–water partition coefficient (Wildman–Crippen LogP) is 3.51. The van der Waals surface area contributed by atoms with Crippen molar-refractivity contribution < 1.29 is 24.2 Å². The molecule has 7 nitrogen and oxygen atoms in total. The number of ether oxygens (including phenoxy) is 2. The number of amides is 2. The Morgan fingerprint density at radius 2 is 2.00 bits per heavy atom. The minimum atomic E-state index is -0.707. The molecule has 1 N–H and O–H groups in total. The van der Waals surface area contributed by atoms with Crippen LogP contribution >= 0.6 is 0 Å². The maximum atomic E-state index is 12.9. The third-order valence-corrected chi connectivity index (χ3v) is 5.57. The lowest BCUT2D eigenvalue weighted by atomic mass is 9.84. The van der Waals surface area contributed by atoms with Crippen LogP contribution in [0.1, 0.15) is 52.0 Å². The summed E-state index contributed by atoms with van der Waals surface area (Å²) in [5.74, 6) is 0. The van der Waals surface area contributed by atoms with Crippen LogP contribution in [0.5, 0.6) is 0 Å². The van der Waals surface area contributed by atoms with Crippen molar-refractivity contribution in [1.29, 1.82) is 0 Å². The van der Waals surface area contributed by atoms with Gasteiger partial charge in [0.05, 0.1) is 6.04 Å². The van der Waals surface area contributed by atoms with Crippen molar-refractivity contribution in [1.82, 2.24) is 9.80 Å². The van der Waals surface area contributed by atoms with Crippen molar-refractivity contribution >= 4 is 12.2 Å². The van der Waals surface area contributed by atoms with E-state index in [1.807, 2.05) is 51.1 Å². The second kappa shape index (κ2) is 8.61. The Balaban J connectivity index is 1.66. The largest absolute Gasteiger partial charge is 0.444 e. The number of aliphatic hydroxyl groups excluding tert-OH is 1. The Morgan fingerprint density at radius 3 is 2.62 bits per heavy atom. The van der Waals surface area contributed by atoms with Gasteiger partial charge in [0.2, 0.25) is 0 Å². The molecular weight excluding hydrogens is 372 g/mol. The van der Waals surface area contributed by atoms with Crippen molar-refractivity contribution in [2.75, 3.05) is 26.2 Å². The van der Waals surface area contributed by atoms with Gasteiger partial charge in [-0.15, -0.1) is 0 Å². The van der Waals surface area contributed by atoms with Gasteiger partial charge in [0.15, 0.2) is 0 Å². The van der Waals surface area contributed by atoms with Crippen LogP contribution in [0.4, 0.5) is 9.59 Å². The third-order valence-electron chi connectivity index (χ3n) is 5.57. The third kappa shape index (κ3) is 5.01. The van der Waals surface area contributed by atoms with Crippen LogP contribution in [0.2, 0.25) is 0 Å². The molecule has 29 heavy (non-hydrogen) atoms. The summed E-state index contributed by atoms with van der Waals surface area (Å²) in [6, 6.07) is 9.68. The number of likely N-dealkylation sites (tertiary alicyclic amines) is 1. The zero-order valence-electron chi connectivity index (χ0n) is 17.6. The predicted molar refractivity (Wildman–Crippen MR) is 108 cm³/mol. The summed E-state index contributed by atoms with van der Waals surface area (Å²) < 4.78 is 11.5. The molecule has 0 spiro atoms. The lowest BCUT2D eigenvalue weighted by Crippen LogP contribution is -2.52. The Bertz CT molecular complexity index is 718. The molecule has 0 unspecified atom stereocenters. The maximum Gasteiger partial charge on any atom is 0.410 e. The fraction of sp³-hybridized carbons (Fsp3) is 0.636. The standard InChI is InChI=1S/C22H32N2O5/c1-21(2,3)28-19(26)23-13-10-18(16-23)24-14-12-22(11-7-15-25,29-20(24)27)17-8-5-4-6-9-17/h4-6,8-9,18,25H,7,10-16H2,1-3H3/t18-,22+/m0/s1. The van der Waals surface area contributed by atoms with Crippen LogP contribution < -0.4 is 0 Å². The van der Waals surface area contributed by atoms with E-state index in [9.17, 15) is 14.7 Å². The summed E-state index contributed by atoms with van der Waals surface area (Å²) >= 11 is 0. The number of carbonyl (C=O) groups excluding carboxylic acids is 2. The van der Waals surface area contributed by atoms with Crippen LogP contribution in [0.3, 0.4) is 0 Å². The summed E-state index contributed by atoms with van der Waals surface area (Å²) in [4.78, 5) is 28.7. The topological polar surface area (TPSA) is 79.3 Å². The molecular formula is C22H32N2O5. The van der Waals surface area contributed by atoms with E-state index in [4.69, 9.17) is 9.47 Å². The van der Waals surface area contributed by atoms with Gasteiger partial charge >= 0.3 is 12.2 Å². The number of nitrogens with zero attached hydrogens (tertiary/aromatic N) is 2. The fourth-order valence-electron chi connectivity index (χ4n) is 4.12. The first-order valence-corrected chi connectivity index (χ1v) is 10.4. The molecule has 2 fully saturated rings. The molecule has 2 atom stereocenters. The van der Waals surface area contributed by atoms with Crippen LogP contribution in [0.15, 0.2) is 30.3 Å². The van der Waals surface area contributed by atoms with E-state index in [0.717, 1.165) is 5.56 Å². The summed E-state index contributed by atoms with van der Waals surface area (Å²) in [5, 5.41) is 9.31. The van der Waals surface area contributed by atoms with Gasteiger partial charge in [-0.3, -0.25) is 0 Å². The first-order valence-electron chi connectivity index (χ1n) is 10.4. The van der Waals surface area contributed by atoms with Gasteiger partial charge in [-0.2, -0.15) is 0 Å². The van der Waals surface area contributed by atoms with Crippen molar-refractivity contribution in [2.45, 2.75) is 63.7 Å². The minimum absolute atomic E-state index is 0.0589. The molecule has 0 saturated carbocycles. The highest BCUT2D eigenvalue weighted by molar-refractivity contribution is 5.71. The highest BCUT2D eigenvalue weighted by atomic mass is 16.6. The zero-order chi connectivity index (χ0) is 21.1. The first-order chi connectivity index (χ1) is 13.7. The molecule has 2 heterocycles. The molecule has 2 aliphatic rings. The summed E-state index contributed by atoms with van der Waals surface area (Å²) in [5.41, 5.74) is -0.286. The van der Waals surface area contributed by atoms with Gasteiger partial charge in [-0.1, -0.05) is 30.3 Å². The van der Waals surface area contributed by atoms with Crippen molar-refractivity contribution in [3.05, 3.63) is 35.9 Å². The number of hydrogen-bond donors (Lipinski definition) is 1. The first kappa shape index (κ1) is 21.4.